The first kappa shape index (κ1) is 17.2. The summed E-state index contributed by atoms with van der Waals surface area (Å²) >= 11 is 8.62. The Bertz CT molecular complexity index is 552. The summed E-state index contributed by atoms with van der Waals surface area (Å²) in [6.07, 6.45) is 3.61. The van der Waals surface area contributed by atoms with E-state index >= 15 is 0 Å². The van der Waals surface area contributed by atoms with Crippen molar-refractivity contribution in [1.82, 2.24) is 16.2 Å². The third kappa shape index (κ3) is 4.68. The Hall–Kier alpha value is -1.14. The van der Waals surface area contributed by atoms with Gasteiger partial charge in [0.05, 0.1) is 0 Å². The summed E-state index contributed by atoms with van der Waals surface area (Å²) in [5.74, 6) is 1.06. The van der Waals surface area contributed by atoms with Crippen LogP contribution < -0.4 is 16.2 Å². The highest BCUT2D eigenvalue weighted by Crippen LogP contribution is 2.29. The fraction of sp³-hybridized carbons (Fsp3) is 0.500. The SMILES string of the molecule is C[C@@H]1[C@H](C)CCC[C@H]1NC(=S)NNC(=O)c1cccc(Br)c1. The Kier molecular flexibility index (Phi) is 6.20. The van der Waals surface area contributed by atoms with Crippen LogP contribution in [0, 0.1) is 11.8 Å². The molecule has 120 valence electrons. The minimum atomic E-state index is -0.212. The molecular weight excluding hydrogens is 362 g/mol. The second-order valence-electron chi connectivity index (χ2n) is 5.94. The van der Waals surface area contributed by atoms with Gasteiger partial charge in [-0.3, -0.25) is 15.6 Å². The van der Waals surface area contributed by atoms with E-state index in [1.54, 1.807) is 12.1 Å². The molecular formula is C16H22BrN3OS. The van der Waals surface area contributed by atoms with Gasteiger partial charge in [0.2, 0.25) is 0 Å². The zero-order chi connectivity index (χ0) is 16.1. The predicted molar refractivity (Wildman–Crippen MR) is 96.4 cm³/mol. The Morgan fingerprint density at radius 1 is 1.27 bits per heavy atom. The first-order chi connectivity index (χ1) is 10.5. The molecule has 6 heteroatoms. The van der Waals surface area contributed by atoms with Crippen molar-refractivity contribution in [2.75, 3.05) is 0 Å². The molecule has 1 aliphatic carbocycles. The molecule has 1 aromatic carbocycles. The van der Waals surface area contributed by atoms with Crippen LogP contribution >= 0.6 is 28.1 Å². The summed E-state index contributed by atoms with van der Waals surface area (Å²) in [5, 5.41) is 3.78. The molecule has 22 heavy (non-hydrogen) atoms. The number of carbonyl (C=O) groups is 1. The van der Waals surface area contributed by atoms with Gasteiger partial charge in [-0.05, 0) is 48.7 Å². The number of halogens is 1. The molecule has 0 aliphatic heterocycles. The van der Waals surface area contributed by atoms with E-state index in [1.807, 2.05) is 12.1 Å². The topological polar surface area (TPSA) is 53.2 Å². The van der Waals surface area contributed by atoms with Gasteiger partial charge in [-0.15, -0.1) is 0 Å². The normalized spacial score (nSPS) is 24.4. The summed E-state index contributed by atoms with van der Waals surface area (Å²) in [6.45, 7) is 4.54. The minimum absolute atomic E-state index is 0.212. The van der Waals surface area contributed by atoms with E-state index in [4.69, 9.17) is 12.2 Å². The molecule has 0 radical (unpaired) electrons. The summed E-state index contributed by atoms with van der Waals surface area (Å²) in [7, 11) is 0. The van der Waals surface area contributed by atoms with Gasteiger partial charge in [-0.1, -0.05) is 48.7 Å². The van der Waals surface area contributed by atoms with Crippen LogP contribution in [0.5, 0.6) is 0 Å². The van der Waals surface area contributed by atoms with E-state index < -0.39 is 0 Å². The molecule has 1 saturated carbocycles. The lowest BCUT2D eigenvalue weighted by atomic mass is 9.78. The Balaban J connectivity index is 1.81. The average Bonchev–Trinajstić information content (AvgIpc) is 2.49. The zero-order valence-corrected chi connectivity index (χ0v) is 15.3. The molecule has 3 N–H and O–H groups in total. The molecule has 1 fully saturated rings. The lowest BCUT2D eigenvalue weighted by Crippen LogP contribution is -2.52. The molecule has 0 saturated heterocycles. The molecule has 0 heterocycles. The molecule has 1 amide bonds. The van der Waals surface area contributed by atoms with E-state index in [0.717, 1.165) is 10.9 Å². The third-order valence-electron chi connectivity index (χ3n) is 4.40. The fourth-order valence-electron chi connectivity index (χ4n) is 2.81. The predicted octanol–water partition coefficient (Wildman–Crippen LogP) is 3.38. The van der Waals surface area contributed by atoms with Gasteiger partial charge in [-0.2, -0.15) is 0 Å². The van der Waals surface area contributed by atoms with Crippen molar-refractivity contribution < 1.29 is 4.79 Å². The maximum absolute atomic E-state index is 12.0. The van der Waals surface area contributed by atoms with Crippen molar-refractivity contribution in [2.24, 2.45) is 11.8 Å². The van der Waals surface area contributed by atoms with Crippen LogP contribution in [0.15, 0.2) is 28.7 Å². The summed E-state index contributed by atoms with van der Waals surface area (Å²) in [6, 6.07) is 7.58. The first-order valence-electron chi connectivity index (χ1n) is 7.60. The Morgan fingerprint density at radius 3 is 2.77 bits per heavy atom. The number of carbonyl (C=O) groups excluding carboxylic acids is 1. The third-order valence-corrected chi connectivity index (χ3v) is 5.11. The molecule has 0 unspecified atom stereocenters. The van der Waals surface area contributed by atoms with Crippen molar-refractivity contribution in [2.45, 2.75) is 39.2 Å². The maximum Gasteiger partial charge on any atom is 0.269 e. The number of hydrogen-bond donors (Lipinski definition) is 3. The standard InChI is InChI=1S/C16H22BrN3OS/c1-10-5-3-8-14(11(10)2)18-16(22)20-19-15(21)12-6-4-7-13(17)9-12/h4,6-7,9-11,14H,3,5,8H2,1-2H3,(H,19,21)(H2,18,20,22)/t10-,11-,14-/m1/s1. The first-order valence-corrected chi connectivity index (χ1v) is 8.80. The average molecular weight is 384 g/mol. The van der Waals surface area contributed by atoms with Gasteiger partial charge in [0.15, 0.2) is 5.11 Å². The van der Waals surface area contributed by atoms with Crippen LogP contribution in [0.3, 0.4) is 0 Å². The second-order valence-corrected chi connectivity index (χ2v) is 7.26. The molecule has 2 rings (SSSR count). The van der Waals surface area contributed by atoms with E-state index in [2.05, 4.69) is 45.9 Å². The second kappa shape index (κ2) is 7.92. The number of hydrazine groups is 1. The zero-order valence-electron chi connectivity index (χ0n) is 12.9. The van der Waals surface area contributed by atoms with Crippen LogP contribution in [-0.2, 0) is 0 Å². The quantitative estimate of drug-likeness (QED) is 0.541. The van der Waals surface area contributed by atoms with E-state index in [0.29, 0.717) is 28.6 Å². The summed E-state index contributed by atoms with van der Waals surface area (Å²) in [5.41, 5.74) is 5.99. The molecule has 0 aromatic heterocycles. The van der Waals surface area contributed by atoms with Crippen LogP contribution in [0.4, 0.5) is 0 Å². The molecule has 4 nitrogen and oxygen atoms in total. The van der Waals surface area contributed by atoms with Crippen LogP contribution in [0.2, 0.25) is 0 Å². The van der Waals surface area contributed by atoms with Gasteiger partial charge in [0, 0.05) is 16.1 Å². The van der Waals surface area contributed by atoms with E-state index in [-0.39, 0.29) is 5.91 Å². The smallest absolute Gasteiger partial charge is 0.269 e. The van der Waals surface area contributed by atoms with Crippen molar-refractivity contribution in [3.05, 3.63) is 34.3 Å². The Labute approximate surface area is 145 Å². The van der Waals surface area contributed by atoms with Crippen LogP contribution in [0.1, 0.15) is 43.5 Å². The number of rotatable bonds is 2. The summed E-state index contributed by atoms with van der Waals surface area (Å²) < 4.78 is 0.867. The maximum atomic E-state index is 12.0. The van der Waals surface area contributed by atoms with E-state index in [1.165, 1.54) is 12.8 Å². The molecule has 3 atom stereocenters. The molecule has 0 spiro atoms. The number of nitrogens with one attached hydrogen (secondary N) is 3. The van der Waals surface area contributed by atoms with Crippen LogP contribution in [0.25, 0.3) is 0 Å². The van der Waals surface area contributed by atoms with Crippen molar-refractivity contribution in [3.8, 4) is 0 Å². The van der Waals surface area contributed by atoms with Gasteiger partial charge in [-0.25, -0.2) is 0 Å². The van der Waals surface area contributed by atoms with Crippen molar-refractivity contribution in [1.29, 1.82) is 0 Å². The highest BCUT2D eigenvalue weighted by atomic mass is 79.9. The largest absolute Gasteiger partial charge is 0.358 e. The molecule has 0 bridgehead atoms. The summed E-state index contributed by atoms with van der Waals surface area (Å²) in [4.78, 5) is 12.0. The number of amides is 1. The minimum Gasteiger partial charge on any atom is -0.358 e. The lowest BCUT2D eigenvalue weighted by Gasteiger charge is -2.35. The number of hydrogen-bond acceptors (Lipinski definition) is 2. The van der Waals surface area contributed by atoms with Crippen molar-refractivity contribution in [3.63, 3.8) is 0 Å². The van der Waals surface area contributed by atoms with Gasteiger partial charge in [0.25, 0.3) is 5.91 Å². The monoisotopic (exact) mass is 383 g/mol. The van der Waals surface area contributed by atoms with Gasteiger partial charge >= 0.3 is 0 Å². The molecule has 1 aromatic rings. The fourth-order valence-corrected chi connectivity index (χ4v) is 3.41. The van der Waals surface area contributed by atoms with Crippen molar-refractivity contribution >= 4 is 39.2 Å². The van der Waals surface area contributed by atoms with Gasteiger partial charge in [0.1, 0.15) is 0 Å². The number of thiocarbonyl (C=S) groups is 1. The number of benzene rings is 1. The van der Waals surface area contributed by atoms with Crippen LogP contribution in [-0.4, -0.2) is 17.1 Å². The Morgan fingerprint density at radius 2 is 2.05 bits per heavy atom. The van der Waals surface area contributed by atoms with E-state index in [9.17, 15) is 4.79 Å². The highest BCUT2D eigenvalue weighted by Gasteiger charge is 2.27. The lowest BCUT2D eigenvalue weighted by molar-refractivity contribution is 0.0943. The van der Waals surface area contributed by atoms with Gasteiger partial charge < -0.3 is 5.32 Å². The highest BCUT2D eigenvalue weighted by molar-refractivity contribution is 9.10. The molecule has 1 aliphatic rings.